The van der Waals surface area contributed by atoms with Crippen LogP contribution in [-0.4, -0.2) is 29.5 Å². The first-order valence-corrected chi connectivity index (χ1v) is 6.55. The second kappa shape index (κ2) is 5.05. The van der Waals surface area contributed by atoms with Crippen LogP contribution in [0, 0.1) is 5.92 Å². The van der Waals surface area contributed by atoms with Gasteiger partial charge in [-0.15, -0.1) is 11.3 Å². The summed E-state index contributed by atoms with van der Waals surface area (Å²) in [7, 11) is 0. The van der Waals surface area contributed by atoms with E-state index >= 15 is 0 Å². The fourth-order valence-electron chi connectivity index (χ4n) is 2.15. The van der Waals surface area contributed by atoms with Crippen LogP contribution in [0.5, 0.6) is 0 Å². The lowest BCUT2D eigenvalue weighted by molar-refractivity contribution is 0.342. The Bertz CT molecular complexity index is 311. The first-order chi connectivity index (χ1) is 7.31. The predicted molar refractivity (Wildman–Crippen MR) is 63.9 cm³/mol. The van der Waals surface area contributed by atoms with Crippen molar-refractivity contribution in [2.24, 2.45) is 11.7 Å². The summed E-state index contributed by atoms with van der Waals surface area (Å²) in [5.74, 6) is 0.807. The van der Waals surface area contributed by atoms with Gasteiger partial charge in [0.1, 0.15) is 0 Å². The zero-order chi connectivity index (χ0) is 10.7. The fourth-order valence-corrected chi connectivity index (χ4v) is 3.07. The van der Waals surface area contributed by atoms with Crippen LogP contribution in [0.4, 0.5) is 0 Å². The third-order valence-electron chi connectivity index (χ3n) is 3.09. The van der Waals surface area contributed by atoms with Gasteiger partial charge < -0.3 is 10.6 Å². The van der Waals surface area contributed by atoms with E-state index in [9.17, 15) is 0 Å². The van der Waals surface area contributed by atoms with Crippen molar-refractivity contribution in [3.63, 3.8) is 0 Å². The molecule has 0 radical (unpaired) electrons. The zero-order valence-corrected chi connectivity index (χ0v) is 10.1. The van der Waals surface area contributed by atoms with Crippen molar-refractivity contribution in [3.8, 4) is 0 Å². The quantitative estimate of drug-likeness (QED) is 0.844. The number of aromatic nitrogens is 1. The van der Waals surface area contributed by atoms with E-state index in [1.165, 1.54) is 31.1 Å². The first-order valence-electron chi connectivity index (χ1n) is 5.67. The summed E-state index contributed by atoms with van der Waals surface area (Å²) < 4.78 is 0. The average molecular weight is 225 g/mol. The summed E-state index contributed by atoms with van der Waals surface area (Å²) in [5.41, 5.74) is 6.59. The second-order valence-electron chi connectivity index (χ2n) is 4.19. The molecule has 2 rings (SSSR count). The standard InChI is InChI=1S/C11H19N3S/c1-2-14-4-3-9(7-14)5-11-13-10(6-12)8-15-11/h8-9H,2-7,12H2,1H3. The van der Waals surface area contributed by atoms with E-state index in [4.69, 9.17) is 5.73 Å². The van der Waals surface area contributed by atoms with Crippen molar-refractivity contribution in [1.82, 2.24) is 9.88 Å². The van der Waals surface area contributed by atoms with Crippen molar-refractivity contribution < 1.29 is 0 Å². The Morgan fingerprint density at radius 3 is 3.13 bits per heavy atom. The van der Waals surface area contributed by atoms with Gasteiger partial charge in [-0.2, -0.15) is 0 Å². The van der Waals surface area contributed by atoms with Crippen molar-refractivity contribution >= 4 is 11.3 Å². The third-order valence-corrected chi connectivity index (χ3v) is 4.01. The molecule has 0 aromatic carbocycles. The van der Waals surface area contributed by atoms with Gasteiger partial charge in [-0.3, -0.25) is 0 Å². The van der Waals surface area contributed by atoms with Crippen LogP contribution in [0.25, 0.3) is 0 Å². The number of rotatable bonds is 4. The molecule has 0 bridgehead atoms. The molecule has 1 unspecified atom stereocenters. The maximum atomic E-state index is 5.55. The van der Waals surface area contributed by atoms with Gasteiger partial charge >= 0.3 is 0 Å². The predicted octanol–water partition coefficient (Wildman–Crippen LogP) is 1.49. The average Bonchev–Trinajstić information content (AvgIpc) is 2.87. The summed E-state index contributed by atoms with van der Waals surface area (Å²) in [6.45, 7) is 6.49. The van der Waals surface area contributed by atoms with Crippen LogP contribution in [0.2, 0.25) is 0 Å². The Balaban J connectivity index is 1.87. The molecule has 1 fully saturated rings. The van der Waals surface area contributed by atoms with E-state index in [1.807, 2.05) is 0 Å². The summed E-state index contributed by atoms with van der Waals surface area (Å²) in [4.78, 5) is 7.03. The Morgan fingerprint density at radius 2 is 2.53 bits per heavy atom. The molecule has 1 atom stereocenters. The Labute approximate surface area is 95.3 Å². The highest BCUT2D eigenvalue weighted by Crippen LogP contribution is 2.22. The van der Waals surface area contributed by atoms with E-state index in [0.29, 0.717) is 6.54 Å². The van der Waals surface area contributed by atoms with Gasteiger partial charge in [0.05, 0.1) is 10.7 Å². The lowest BCUT2D eigenvalue weighted by Crippen LogP contribution is -2.20. The molecule has 0 amide bonds. The van der Waals surface area contributed by atoms with E-state index in [-0.39, 0.29) is 0 Å². The van der Waals surface area contributed by atoms with Crippen LogP contribution in [0.3, 0.4) is 0 Å². The minimum absolute atomic E-state index is 0.572. The molecule has 0 spiro atoms. The molecule has 0 aliphatic carbocycles. The summed E-state index contributed by atoms with van der Waals surface area (Å²) >= 11 is 1.76. The summed E-state index contributed by atoms with van der Waals surface area (Å²) in [5, 5.41) is 3.35. The van der Waals surface area contributed by atoms with Crippen molar-refractivity contribution in [2.75, 3.05) is 19.6 Å². The van der Waals surface area contributed by atoms with Crippen molar-refractivity contribution in [2.45, 2.75) is 26.3 Å². The minimum atomic E-state index is 0.572. The number of nitrogens with zero attached hydrogens (tertiary/aromatic N) is 2. The van der Waals surface area contributed by atoms with Gasteiger partial charge in [0, 0.05) is 24.9 Å². The van der Waals surface area contributed by atoms with Gasteiger partial charge in [0.15, 0.2) is 0 Å². The molecule has 1 aromatic heterocycles. The molecule has 1 saturated heterocycles. The molecule has 0 saturated carbocycles. The van der Waals surface area contributed by atoms with Crippen molar-refractivity contribution in [1.29, 1.82) is 0 Å². The van der Waals surface area contributed by atoms with Gasteiger partial charge in [-0.05, 0) is 25.4 Å². The molecule has 84 valence electrons. The molecular weight excluding hydrogens is 206 g/mol. The maximum absolute atomic E-state index is 5.55. The topological polar surface area (TPSA) is 42.2 Å². The Morgan fingerprint density at radius 1 is 1.67 bits per heavy atom. The van der Waals surface area contributed by atoms with Crippen LogP contribution in [-0.2, 0) is 13.0 Å². The summed E-state index contributed by atoms with van der Waals surface area (Å²) in [6.07, 6.45) is 2.46. The largest absolute Gasteiger partial charge is 0.325 e. The van der Waals surface area contributed by atoms with Gasteiger partial charge in [0.25, 0.3) is 0 Å². The monoisotopic (exact) mass is 225 g/mol. The number of nitrogens with two attached hydrogens (primary N) is 1. The smallest absolute Gasteiger partial charge is 0.0932 e. The summed E-state index contributed by atoms with van der Waals surface area (Å²) in [6, 6.07) is 0. The maximum Gasteiger partial charge on any atom is 0.0932 e. The van der Waals surface area contributed by atoms with Gasteiger partial charge in [-0.25, -0.2) is 4.98 Å². The minimum Gasteiger partial charge on any atom is -0.325 e. The second-order valence-corrected chi connectivity index (χ2v) is 5.13. The van der Waals surface area contributed by atoms with Crippen LogP contribution >= 0.6 is 11.3 Å². The van der Waals surface area contributed by atoms with Gasteiger partial charge in [-0.1, -0.05) is 6.92 Å². The first kappa shape index (κ1) is 11.0. The van der Waals surface area contributed by atoms with Crippen LogP contribution in [0.15, 0.2) is 5.38 Å². The highest BCUT2D eigenvalue weighted by Gasteiger charge is 2.22. The number of thiazole rings is 1. The van der Waals surface area contributed by atoms with E-state index < -0.39 is 0 Å². The highest BCUT2D eigenvalue weighted by atomic mass is 32.1. The lowest BCUT2D eigenvalue weighted by Gasteiger charge is -2.11. The van der Waals surface area contributed by atoms with Crippen LogP contribution < -0.4 is 5.73 Å². The molecule has 1 aliphatic heterocycles. The molecule has 1 aromatic rings. The molecule has 2 heterocycles. The Kier molecular flexibility index (Phi) is 3.72. The fraction of sp³-hybridized carbons (Fsp3) is 0.727. The molecule has 2 N–H and O–H groups in total. The van der Waals surface area contributed by atoms with E-state index in [2.05, 4.69) is 22.2 Å². The Hall–Kier alpha value is -0.450. The zero-order valence-electron chi connectivity index (χ0n) is 9.28. The van der Waals surface area contributed by atoms with Gasteiger partial charge in [0.2, 0.25) is 0 Å². The third kappa shape index (κ3) is 2.77. The highest BCUT2D eigenvalue weighted by molar-refractivity contribution is 7.09. The lowest BCUT2D eigenvalue weighted by atomic mass is 10.1. The number of likely N-dealkylation sites (tertiary alicyclic amines) is 1. The number of hydrogen-bond donors (Lipinski definition) is 1. The van der Waals surface area contributed by atoms with Crippen LogP contribution in [0.1, 0.15) is 24.0 Å². The van der Waals surface area contributed by atoms with E-state index in [0.717, 1.165) is 18.0 Å². The molecule has 15 heavy (non-hydrogen) atoms. The molecular formula is C11H19N3S. The van der Waals surface area contributed by atoms with Crippen molar-refractivity contribution in [3.05, 3.63) is 16.1 Å². The molecule has 1 aliphatic rings. The molecule has 4 heteroatoms. The normalized spacial score (nSPS) is 22.4. The number of hydrogen-bond acceptors (Lipinski definition) is 4. The SMILES string of the molecule is CCN1CCC(Cc2nc(CN)cs2)C1. The van der Waals surface area contributed by atoms with E-state index in [1.54, 1.807) is 11.3 Å². The molecule has 3 nitrogen and oxygen atoms in total.